The molecule has 2 rings (SSSR count). The van der Waals surface area contributed by atoms with Crippen LogP contribution >= 0.6 is 0 Å². The van der Waals surface area contributed by atoms with Gasteiger partial charge in [-0.05, 0) is 61.9 Å². The van der Waals surface area contributed by atoms with Crippen LogP contribution in [0.1, 0.15) is 29.8 Å². The van der Waals surface area contributed by atoms with E-state index >= 15 is 0 Å². The van der Waals surface area contributed by atoms with Crippen molar-refractivity contribution in [3.8, 4) is 17.2 Å². The van der Waals surface area contributed by atoms with Gasteiger partial charge in [-0.3, -0.25) is 4.79 Å². The molecule has 0 aliphatic carbocycles. The summed E-state index contributed by atoms with van der Waals surface area (Å²) in [5, 5.41) is 3.97. The molecule has 0 fully saturated rings. The van der Waals surface area contributed by atoms with E-state index in [9.17, 15) is 4.79 Å². The van der Waals surface area contributed by atoms with Crippen LogP contribution in [0.2, 0.25) is 0 Å². The molecule has 2 aromatic rings. The van der Waals surface area contributed by atoms with Crippen LogP contribution in [0.5, 0.6) is 17.2 Å². The summed E-state index contributed by atoms with van der Waals surface area (Å²) in [6, 6.07) is 12.4. The molecular weight excluding hydrogens is 320 g/mol. The highest BCUT2D eigenvalue weighted by atomic mass is 16.5. The first-order valence-electron chi connectivity index (χ1n) is 7.85. The number of nitrogens with one attached hydrogen (secondary N) is 1. The Morgan fingerprint density at radius 3 is 2.32 bits per heavy atom. The molecule has 0 heterocycles. The number of hydrogen-bond acceptors (Lipinski definition) is 5. The van der Waals surface area contributed by atoms with Gasteiger partial charge in [0.1, 0.15) is 5.75 Å². The quantitative estimate of drug-likeness (QED) is 0.619. The molecule has 25 heavy (non-hydrogen) atoms. The minimum Gasteiger partial charge on any atom is -0.493 e. The van der Waals surface area contributed by atoms with Crippen molar-refractivity contribution in [3.63, 3.8) is 0 Å². The molecular formula is C19H22N2O4. The summed E-state index contributed by atoms with van der Waals surface area (Å²) in [5.41, 5.74) is 3.76. The van der Waals surface area contributed by atoms with Gasteiger partial charge >= 0.3 is 0 Å². The fourth-order valence-electron chi connectivity index (χ4n) is 2.11. The summed E-state index contributed by atoms with van der Waals surface area (Å²) in [6.07, 6.45) is 1.69. The van der Waals surface area contributed by atoms with Gasteiger partial charge in [-0.25, -0.2) is 5.43 Å². The number of nitrogens with zero attached hydrogens (tertiary/aromatic N) is 1. The Balaban J connectivity index is 1.98. The van der Waals surface area contributed by atoms with Gasteiger partial charge < -0.3 is 14.2 Å². The van der Waals surface area contributed by atoms with E-state index in [0.29, 0.717) is 17.1 Å². The summed E-state index contributed by atoms with van der Waals surface area (Å²) < 4.78 is 15.9. The van der Waals surface area contributed by atoms with E-state index in [0.717, 1.165) is 11.3 Å². The average Bonchev–Trinajstić information content (AvgIpc) is 2.62. The zero-order valence-electron chi connectivity index (χ0n) is 14.8. The smallest absolute Gasteiger partial charge is 0.271 e. The molecule has 6 heteroatoms. The predicted molar refractivity (Wildman–Crippen MR) is 96.8 cm³/mol. The average molecular weight is 342 g/mol. The molecule has 0 unspecified atom stereocenters. The van der Waals surface area contributed by atoms with Crippen molar-refractivity contribution in [2.75, 3.05) is 14.2 Å². The molecule has 6 nitrogen and oxygen atoms in total. The predicted octanol–water partition coefficient (Wildman–Crippen LogP) is 3.25. The van der Waals surface area contributed by atoms with Crippen LogP contribution < -0.4 is 19.6 Å². The van der Waals surface area contributed by atoms with Crippen LogP contribution in [-0.4, -0.2) is 32.4 Å². The SMILES string of the molecule is COc1ccc(C(=O)N/N=C\c2ccc(OC(C)C)cc2)cc1OC. The maximum atomic E-state index is 12.1. The highest BCUT2D eigenvalue weighted by Gasteiger charge is 2.09. The highest BCUT2D eigenvalue weighted by molar-refractivity contribution is 5.95. The third-order valence-corrected chi connectivity index (χ3v) is 3.28. The first kappa shape index (κ1) is 18.3. The monoisotopic (exact) mass is 342 g/mol. The Morgan fingerprint density at radius 2 is 1.72 bits per heavy atom. The maximum absolute atomic E-state index is 12.1. The van der Waals surface area contributed by atoms with Crippen molar-refractivity contribution >= 4 is 12.1 Å². The van der Waals surface area contributed by atoms with Crippen LogP contribution in [0.3, 0.4) is 0 Å². The van der Waals surface area contributed by atoms with Crippen molar-refractivity contribution in [1.82, 2.24) is 5.43 Å². The summed E-state index contributed by atoms with van der Waals surface area (Å²) >= 11 is 0. The van der Waals surface area contributed by atoms with Crippen molar-refractivity contribution in [1.29, 1.82) is 0 Å². The molecule has 132 valence electrons. The van der Waals surface area contributed by atoms with Crippen LogP contribution in [-0.2, 0) is 0 Å². The second kappa shape index (κ2) is 8.73. The summed E-state index contributed by atoms with van der Waals surface area (Å²) in [7, 11) is 3.06. The van der Waals surface area contributed by atoms with E-state index in [-0.39, 0.29) is 12.0 Å². The van der Waals surface area contributed by atoms with Gasteiger partial charge in [0.05, 0.1) is 26.5 Å². The minimum atomic E-state index is -0.336. The van der Waals surface area contributed by atoms with Gasteiger partial charge in [0.25, 0.3) is 5.91 Å². The van der Waals surface area contributed by atoms with Crippen LogP contribution in [0.15, 0.2) is 47.6 Å². The Labute approximate surface area is 147 Å². The Morgan fingerprint density at radius 1 is 1.04 bits per heavy atom. The van der Waals surface area contributed by atoms with E-state index < -0.39 is 0 Å². The third kappa shape index (κ3) is 5.24. The molecule has 0 aliphatic heterocycles. The van der Waals surface area contributed by atoms with Crippen LogP contribution in [0.4, 0.5) is 0 Å². The number of benzene rings is 2. The van der Waals surface area contributed by atoms with Crippen molar-refractivity contribution < 1.29 is 19.0 Å². The van der Waals surface area contributed by atoms with Gasteiger partial charge in [0, 0.05) is 5.56 Å². The number of hydrogen-bond donors (Lipinski definition) is 1. The standard InChI is InChI=1S/C19H22N2O4/c1-13(2)25-16-8-5-14(6-9-16)12-20-21-19(22)15-7-10-17(23-3)18(11-15)24-4/h5-13H,1-4H3,(H,21,22)/b20-12-. The minimum absolute atomic E-state index is 0.125. The Kier molecular flexibility index (Phi) is 6.39. The lowest BCUT2D eigenvalue weighted by Gasteiger charge is -2.09. The van der Waals surface area contributed by atoms with E-state index in [1.54, 1.807) is 31.5 Å². The number of carbonyl (C=O) groups excluding carboxylic acids is 1. The number of rotatable bonds is 7. The largest absolute Gasteiger partial charge is 0.493 e. The second-order valence-electron chi connectivity index (χ2n) is 5.50. The molecule has 0 saturated heterocycles. The molecule has 0 atom stereocenters. The number of carbonyl (C=O) groups is 1. The molecule has 0 saturated carbocycles. The van der Waals surface area contributed by atoms with Crippen LogP contribution in [0, 0.1) is 0 Å². The lowest BCUT2D eigenvalue weighted by Crippen LogP contribution is -2.17. The normalized spacial score (nSPS) is 10.8. The summed E-state index contributed by atoms with van der Waals surface area (Å²) in [5.74, 6) is 1.50. The zero-order valence-corrected chi connectivity index (χ0v) is 14.8. The molecule has 0 aromatic heterocycles. The second-order valence-corrected chi connectivity index (χ2v) is 5.50. The molecule has 1 N–H and O–H groups in total. The number of hydrazone groups is 1. The first-order chi connectivity index (χ1) is 12.0. The first-order valence-corrected chi connectivity index (χ1v) is 7.85. The topological polar surface area (TPSA) is 69.2 Å². The maximum Gasteiger partial charge on any atom is 0.271 e. The zero-order chi connectivity index (χ0) is 18.2. The fourth-order valence-corrected chi connectivity index (χ4v) is 2.11. The van der Waals surface area contributed by atoms with E-state index in [1.165, 1.54) is 7.11 Å². The van der Waals surface area contributed by atoms with E-state index in [1.807, 2.05) is 38.1 Å². The molecule has 0 bridgehead atoms. The van der Waals surface area contributed by atoms with Gasteiger partial charge in [-0.1, -0.05) is 0 Å². The Hall–Kier alpha value is -3.02. The van der Waals surface area contributed by atoms with Gasteiger partial charge in [-0.15, -0.1) is 0 Å². The molecule has 0 spiro atoms. The molecule has 0 radical (unpaired) electrons. The van der Waals surface area contributed by atoms with Crippen LogP contribution in [0.25, 0.3) is 0 Å². The molecule has 2 aromatic carbocycles. The summed E-state index contributed by atoms with van der Waals surface area (Å²) in [4.78, 5) is 12.1. The van der Waals surface area contributed by atoms with Crippen molar-refractivity contribution in [3.05, 3.63) is 53.6 Å². The van der Waals surface area contributed by atoms with Crippen molar-refractivity contribution in [2.45, 2.75) is 20.0 Å². The number of amides is 1. The fraction of sp³-hybridized carbons (Fsp3) is 0.263. The van der Waals surface area contributed by atoms with E-state index in [4.69, 9.17) is 14.2 Å². The lowest BCUT2D eigenvalue weighted by atomic mass is 10.2. The van der Waals surface area contributed by atoms with Gasteiger partial charge in [-0.2, -0.15) is 5.10 Å². The highest BCUT2D eigenvalue weighted by Crippen LogP contribution is 2.27. The molecule has 1 amide bonds. The van der Waals surface area contributed by atoms with Gasteiger partial charge in [0.15, 0.2) is 11.5 Å². The number of ether oxygens (including phenoxy) is 3. The van der Waals surface area contributed by atoms with Crippen molar-refractivity contribution in [2.24, 2.45) is 5.10 Å². The summed E-state index contributed by atoms with van der Waals surface area (Å²) in [6.45, 7) is 3.94. The molecule has 0 aliphatic rings. The van der Waals surface area contributed by atoms with Gasteiger partial charge in [0.2, 0.25) is 0 Å². The lowest BCUT2D eigenvalue weighted by molar-refractivity contribution is 0.0954. The third-order valence-electron chi connectivity index (χ3n) is 3.28. The Bertz CT molecular complexity index is 740. The van der Waals surface area contributed by atoms with E-state index in [2.05, 4.69) is 10.5 Å². The number of methoxy groups -OCH3 is 2.